The van der Waals surface area contributed by atoms with Crippen LogP contribution in [0.15, 0.2) is 0 Å². The summed E-state index contributed by atoms with van der Waals surface area (Å²) in [4.78, 5) is 0. The van der Waals surface area contributed by atoms with Crippen molar-refractivity contribution in [1.82, 2.24) is 0 Å². The molecule has 2 saturated carbocycles. The van der Waals surface area contributed by atoms with Crippen LogP contribution in [0.5, 0.6) is 0 Å². The molecule has 2 aliphatic carbocycles. The van der Waals surface area contributed by atoms with Crippen LogP contribution in [0.1, 0.15) is 91.4 Å². The number of aliphatic hydroxyl groups is 2. The summed E-state index contributed by atoms with van der Waals surface area (Å²) in [5.41, 5.74) is 0. The molecule has 0 amide bonds. The van der Waals surface area contributed by atoms with E-state index >= 15 is 0 Å². The third kappa shape index (κ3) is 6.38. The van der Waals surface area contributed by atoms with Crippen molar-refractivity contribution in [3.63, 3.8) is 0 Å². The van der Waals surface area contributed by atoms with Crippen LogP contribution in [0, 0.1) is 29.6 Å². The van der Waals surface area contributed by atoms with Crippen LogP contribution in [0.25, 0.3) is 0 Å². The average Bonchev–Trinajstić information content (AvgIpc) is 2.53. The molecule has 0 heterocycles. The minimum Gasteiger partial charge on any atom is -0.393 e. The SMILES string of the molecule is CC(CCC1CCCCC1)CC1CC(C(C)O)C[C@H]([C@H](C)O)C1. The van der Waals surface area contributed by atoms with Gasteiger partial charge in [-0.2, -0.15) is 0 Å². The van der Waals surface area contributed by atoms with Crippen molar-refractivity contribution in [1.29, 1.82) is 0 Å². The molecular weight excluding hydrogens is 284 g/mol. The smallest absolute Gasteiger partial charge is 0.0540 e. The first kappa shape index (κ1) is 19.2. The Morgan fingerprint density at radius 1 is 0.783 bits per heavy atom. The molecular formula is C21H40O2. The van der Waals surface area contributed by atoms with Crippen LogP contribution in [-0.4, -0.2) is 22.4 Å². The zero-order valence-corrected chi connectivity index (χ0v) is 15.7. The summed E-state index contributed by atoms with van der Waals surface area (Å²) in [6.07, 6.45) is 14.2. The van der Waals surface area contributed by atoms with E-state index in [1.807, 2.05) is 13.8 Å². The Hall–Kier alpha value is -0.0800. The van der Waals surface area contributed by atoms with Crippen molar-refractivity contribution in [3.05, 3.63) is 0 Å². The second-order valence-corrected chi connectivity index (χ2v) is 9.00. The first-order valence-electron chi connectivity index (χ1n) is 10.3. The second-order valence-electron chi connectivity index (χ2n) is 9.00. The lowest BCUT2D eigenvalue weighted by molar-refractivity contribution is 0.0120. The van der Waals surface area contributed by atoms with E-state index in [4.69, 9.17) is 0 Å². The predicted octanol–water partition coefficient (Wildman–Crippen LogP) is 5.17. The summed E-state index contributed by atoms with van der Waals surface area (Å²) < 4.78 is 0. The molecule has 0 radical (unpaired) electrons. The standard InChI is InChI=1S/C21H40O2/c1-15(9-10-18-7-5-4-6-8-18)11-19-12-20(16(2)22)14-21(13-19)17(3)23/h15-23H,4-14H2,1-3H3/t15?,16-,17?,19?,20+,21?/m0/s1. The molecule has 2 rings (SSSR count). The Morgan fingerprint density at radius 3 is 1.87 bits per heavy atom. The highest BCUT2D eigenvalue weighted by molar-refractivity contribution is 4.84. The second kappa shape index (κ2) is 9.42. The van der Waals surface area contributed by atoms with Crippen LogP contribution in [-0.2, 0) is 0 Å². The van der Waals surface area contributed by atoms with Gasteiger partial charge in [0.1, 0.15) is 0 Å². The van der Waals surface area contributed by atoms with E-state index in [0.29, 0.717) is 17.8 Å². The molecule has 0 bridgehead atoms. The first-order valence-corrected chi connectivity index (χ1v) is 10.3. The van der Waals surface area contributed by atoms with Gasteiger partial charge < -0.3 is 10.2 Å². The van der Waals surface area contributed by atoms with E-state index in [1.165, 1.54) is 51.4 Å². The number of aliphatic hydroxyl groups excluding tert-OH is 2. The van der Waals surface area contributed by atoms with Crippen molar-refractivity contribution in [2.45, 2.75) is 104 Å². The molecule has 0 aromatic heterocycles. The van der Waals surface area contributed by atoms with Crippen LogP contribution in [0.3, 0.4) is 0 Å². The largest absolute Gasteiger partial charge is 0.393 e. The number of hydrogen-bond acceptors (Lipinski definition) is 2. The molecule has 136 valence electrons. The van der Waals surface area contributed by atoms with E-state index in [1.54, 1.807) is 0 Å². The van der Waals surface area contributed by atoms with Gasteiger partial charge in [-0.15, -0.1) is 0 Å². The molecule has 6 atom stereocenters. The molecule has 2 aliphatic rings. The molecule has 0 aromatic rings. The topological polar surface area (TPSA) is 40.5 Å². The molecule has 4 unspecified atom stereocenters. The van der Waals surface area contributed by atoms with E-state index in [-0.39, 0.29) is 12.2 Å². The van der Waals surface area contributed by atoms with Crippen LogP contribution >= 0.6 is 0 Å². The lowest BCUT2D eigenvalue weighted by atomic mass is 9.69. The van der Waals surface area contributed by atoms with E-state index in [2.05, 4.69) is 6.92 Å². The summed E-state index contributed by atoms with van der Waals surface area (Å²) in [7, 11) is 0. The number of rotatable bonds is 7. The summed E-state index contributed by atoms with van der Waals surface area (Å²) in [5, 5.41) is 20.0. The fraction of sp³-hybridized carbons (Fsp3) is 1.00. The minimum atomic E-state index is -0.225. The molecule has 2 nitrogen and oxygen atoms in total. The van der Waals surface area contributed by atoms with Gasteiger partial charge in [-0.05, 0) is 69.1 Å². The maximum Gasteiger partial charge on any atom is 0.0540 e. The Morgan fingerprint density at radius 2 is 1.35 bits per heavy atom. The van der Waals surface area contributed by atoms with Crippen LogP contribution in [0.2, 0.25) is 0 Å². The van der Waals surface area contributed by atoms with E-state index in [0.717, 1.165) is 31.1 Å². The quantitative estimate of drug-likeness (QED) is 0.678. The normalized spacial score (nSPS) is 34.0. The maximum atomic E-state index is 10.0. The summed E-state index contributed by atoms with van der Waals surface area (Å²) in [6.45, 7) is 6.28. The van der Waals surface area contributed by atoms with Crippen molar-refractivity contribution in [3.8, 4) is 0 Å². The summed E-state index contributed by atoms with van der Waals surface area (Å²) in [5.74, 6) is 3.26. The van der Waals surface area contributed by atoms with Gasteiger partial charge in [0.2, 0.25) is 0 Å². The Bertz CT molecular complexity index is 304. The minimum absolute atomic E-state index is 0.225. The van der Waals surface area contributed by atoms with Gasteiger partial charge in [0.15, 0.2) is 0 Å². The maximum absolute atomic E-state index is 10.0. The molecule has 2 fully saturated rings. The van der Waals surface area contributed by atoms with Crippen molar-refractivity contribution >= 4 is 0 Å². The van der Waals surface area contributed by atoms with E-state index < -0.39 is 0 Å². The zero-order chi connectivity index (χ0) is 16.8. The summed E-state index contributed by atoms with van der Waals surface area (Å²) >= 11 is 0. The zero-order valence-electron chi connectivity index (χ0n) is 15.7. The van der Waals surface area contributed by atoms with E-state index in [9.17, 15) is 10.2 Å². The van der Waals surface area contributed by atoms with Gasteiger partial charge in [0.25, 0.3) is 0 Å². The Labute approximate surface area is 144 Å². The van der Waals surface area contributed by atoms with Gasteiger partial charge in [0, 0.05) is 0 Å². The molecule has 2 heteroatoms. The molecule has 0 spiro atoms. The average molecular weight is 325 g/mol. The Kier molecular flexibility index (Phi) is 7.88. The summed E-state index contributed by atoms with van der Waals surface area (Å²) in [6, 6.07) is 0. The van der Waals surface area contributed by atoms with Gasteiger partial charge in [-0.25, -0.2) is 0 Å². The predicted molar refractivity (Wildman–Crippen MR) is 97.3 cm³/mol. The Balaban J connectivity index is 1.77. The fourth-order valence-corrected chi connectivity index (χ4v) is 5.20. The lowest BCUT2D eigenvalue weighted by Gasteiger charge is -2.38. The highest BCUT2D eigenvalue weighted by Crippen LogP contribution is 2.40. The molecule has 23 heavy (non-hydrogen) atoms. The molecule has 2 N–H and O–H groups in total. The molecule has 0 aromatic carbocycles. The van der Waals surface area contributed by atoms with Crippen LogP contribution in [0.4, 0.5) is 0 Å². The highest BCUT2D eigenvalue weighted by atomic mass is 16.3. The van der Waals surface area contributed by atoms with Crippen LogP contribution < -0.4 is 0 Å². The molecule has 0 aliphatic heterocycles. The highest BCUT2D eigenvalue weighted by Gasteiger charge is 2.33. The van der Waals surface area contributed by atoms with Crippen molar-refractivity contribution in [2.24, 2.45) is 29.6 Å². The van der Waals surface area contributed by atoms with Crippen molar-refractivity contribution in [2.75, 3.05) is 0 Å². The lowest BCUT2D eigenvalue weighted by Crippen LogP contribution is -2.34. The third-order valence-electron chi connectivity index (χ3n) is 6.77. The van der Waals surface area contributed by atoms with Crippen molar-refractivity contribution < 1.29 is 10.2 Å². The third-order valence-corrected chi connectivity index (χ3v) is 6.77. The number of hydrogen-bond donors (Lipinski definition) is 2. The first-order chi connectivity index (χ1) is 11.0. The monoisotopic (exact) mass is 324 g/mol. The fourth-order valence-electron chi connectivity index (χ4n) is 5.20. The molecule has 0 saturated heterocycles. The van der Waals surface area contributed by atoms with Gasteiger partial charge >= 0.3 is 0 Å². The van der Waals surface area contributed by atoms with Gasteiger partial charge in [-0.3, -0.25) is 0 Å². The van der Waals surface area contributed by atoms with Gasteiger partial charge in [0.05, 0.1) is 12.2 Å². The van der Waals surface area contributed by atoms with Gasteiger partial charge in [-0.1, -0.05) is 51.9 Å².